The molecule has 1 aromatic carbocycles. The topological polar surface area (TPSA) is 35.5 Å². The van der Waals surface area contributed by atoms with Crippen molar-refractivity contribution in [2.24, 2.45) is 5.92 Å². The number of carbonyl (C=O) groups excluding carboxylic acids is 1. The van der Waals surface area contributed by atoms with E-state index in [0.29, 0.717) is 13.2 Å². The number of rotatable bonds is 0. The highest BCUT2D eigenvalue weighted by molar-refractivity contribution is 5.84. The summed E-state index contributed by atoms with van der Waals surface area (Å²) in [6.45, 7) is 0.971. The fraction of sp³-hybridized carbons (Fsp3) is 0.308. The van der Waals surface area contributed by atoms with E-state index in [1.807, 2.05) is 18.2 Å². The molecule has 0 N–H and O–H groups in total. The highest BCUT2D eigenvalue weighted by Crippen LogP contribution is 2.30. The van der Waals surface area contributed by atoms with Gasteiger partial charge in [0.2, 0.25) is 0 Å². The third kappa shape index (κ3) is 1.58. The third-order valence-electron chi connectivity index (χ3n) is 3.09. The Kier molecular flexibility index (Phi) is 2.17. The standard InChI is InChI=1S/C13H12O3/c14-13-6-11-7-15-12-4-2-1-3-9(12)5-10(11)8-16-13/h1-4,6,10H,5,7-8H2. The Hall–Kier alpha value is -1.77. The van der Waals surface area contributed by atoms with E-state index >= 15 is 0 Å². The minimum absolute atomic E-state index is 0.249. The normalized spacial score (nSPS) is 23.1. The second-order valence-corrected chi connectivity index (χ2v) is 4.15. The molecule has 0 saturated heterocycles. The monoisotopic (exact) mass is 216 g/mol. The minimum Gasteiger partial charge on any atom is -0.489 e. The molecule has 2 heterocycles. The van der Waals surface area contributed by atoms with Crippen molar-refractivity contribution in [1.82, 2.24) is 0 Å². The lowest BCUT2D eigenvalue weighted by atomic mass is 9.92. The van der Waals surface area contributed by atoms with Crippen molar-refractivity contribution in [1.29, 1.82) is 0 Å². The maximum absolute atomic E-state index is 11.1. The van der Waals surface area contributed by atoms with Crippen molar-refractivity contribution in [3.8, 4) is 5.75 Å². The molecule has 1 aromatic rings. The van der Waals surface area contributed by atoms with Crippen LogP contribution in [-0.4, -0.2) is 19.2 Å². The molecule has 0 aliphatic carbocycles. The molecule has 0 amide bonds. The number of carbonyl (C=O) groups is 1. The molecule has 0 fully saturated rings. The zero-order valence-electron chi connectivity index (χ0n) is 8.81. The summed E-state index contributed by atoms with van der Waals surface area (Å²) >= 11 is 0. The van der Waals surface area contributed by atoms with Crippen molar-refractivity contribution in [2.75, 3.05) is 13.2 Å². The van der Waals surface area contributed by atoms with Crippen molar-refractivity contribution in [3.05, 3.63) is 41.5 Å². The van der Waals surface area contributed by atoms with Crippen LogP contribution in [-0.2, 0) is 16.0 Å². The molecule has 0 aromatic heterocycles. The Morgan fingerprint density at radius 3 is 3.00 bits per heavy atom. The molecule has 0 bridgehead atoms. The van der Waals surface area contributed by atoms with E-state index in [0.717, 1.165) is 17.7 Å². The van der Waals surface area contributed by atoms with E-state index < -0.39 is 0 Å². The van der Waals surface area contributed by atoms with Gasteiger partial charge in [-0.1, -0.05) is 18.2 Å². The summed E-state index contributed by atoms with van der Waals surface area (Å²) in [6, 6.07) is 8.00. The maximum Gasteiger partial charge on any atom is 0.330 e. The van der Waals surface area contributed by atoms with Crippen LogP contribution in [0.5, 0.6) is 5.75 Å². The second-order valence-electron chi connectivity index (χ2n) is 4.15. The van der Waals surface area contributed by atoms with Crippen LogP contribution in [0.15, 0.2) is 35.9 Å². The number of esters is 1. The van der Waals surface area contributed by atoms with E-state index in [4.69, 9.17) is 9.47 Å². The van der Waals surface area contributed by atoms with Crippen LogP contribution in [0.4, 0.5) is 0 Å². The number of hydrogen-bond donors (Lipinski definition) is 0. The average molecular weight is 216 g/mol. The highest BCUT2D eigenvalue weighted by Gasteiger charge is 2.26. The number of para-hydroxylation sites is 1. The lowest BCUT2D eigenvalue weighted by Gasteiger charge is -2.20. The maximum atomic E-state index is 11.1. The van der Waals surface area contributed by atoms with Gasteiger partial charge in [0, 0.05) is 12.0 Å². The van der Waals surface area contributed by atoms with Crippen LogP contribution < -0.4 is 4.74 Å². The van der Waals surface area contributed by atoms with E-state index in [1.165, 1.54) is 5.56 Å². The van der Waals surface area contributed by atoms with Crippen molar-refractivity contribution in [2.45, 2.75) is 6.42 Å². The zero-order chi connectivity index (χ0) is 11.0. The van der Waals surface area contributed by atoms with Gasteiger partial charge in [-0.15, -0.1) is 0 Å². The van der Waals surface area contributed by atoms with E-state index in [9.17, 15) is 4.79 Å². The Bertz CT molecular complexity index is 462. The Balaban J connectivity index is 1.96. The van der Waals surface area contributed by atoms with Crippen molar-refractivity contribution in [3.63, 3.8) is 0 Å². The first-order valence-electron chi connectivity index (χ1n) is 5.41. The summed E-state index contributed by atoms with van der Waals surface area (Å²) in [4.78, 5) is 11.1. The summed E-state index contributed by atoms with van der Waals surface area (Å²) in [5, 5.41) is 0. The first-order chi connectivity index (χ1) is 7.83. The molecule has 0 spiro atoms. The summed E-state index contributed by atoms with van der Waals surface area (Å²) in [6.07, 6.45) is 2.45. The summed E-state index contributed by atoms with van der Waals surface area (Å²) in [5.74, 6) is 0.951. The van der Waals surface area contributed by atoms with Gasteiger partial charge in [-0.2, -0.15) is 0 Å². The summed E-state index contributed by atoms with van der Waals surface area (Å²) in [7, 11) is 0. The first-order valence-corrected chi connectivity index (χ1v) is 5.41. The van der Waals surface area contributed by atoms with Gasteiger partial charge in [0.15, 0.2) is 0 Å². The number of cyclic esters (lactones) is 1. The SMILES string of the molecule is O=C1C=C2COc3ccccc3CC2CO1. The van der Waals surface area contributed by atoms with Gasteiger partial charge >= 0.3 is 5.97 Å². The molecule has 2 aliphatic heterocycles. The molecule has 3 heteroatoms. The van der Waals surface area contributed by atoms with Crippen LogP contribution in [0.2, 0.25) is 0 Å². The molecule has 2 aliphatic rings. The molecular formula is C13H12O3. The average Bonchev–Trinajstić information content (AvgIpc) is 2.48. The summed E-state index contributed by atoms with van der Waals surface area (Å²) in [5.41, 5.74) is 2.24. The zero-order valence-corrected chi connectivity index (χ0v) is 8.81. The lowest BCUT2D eigenvalue weighted by molar-refractivity contribution is -0.140. The van der Waals surface area contributed by atoms with Crippen LogP contribution in [0.3, 0.4) is 0 Å². The molecule has 0 radical (unpaired) electrons. The van der Waals surface area contributed by atoms with Crippen LogP contribution in [0, 0.1) is 5.92 Å². The van der Waals surface area contributed by atoms with E-state index in [-0.39, 0.29) is 11.9 Å². The van der Waals surface area contributed by atoms with Gasteiger partial charge in [0.05, 0.1) is 6.61 Å². The fourth-order valence-electron chi connectivity index (χ4n) is 2.19. The minimum atomic E-state index is -0.249. The van der Waals surface area contributed by atoms with Gasteiger partial charge in [-0.25, -0.2) is 4.79 Å². The van der Waals surface area contributed by atoms with E-state index in [1.54, 1.807) is 6.08 Å². The molecule has 3 rings (SSSR count). The number of benzene rings is 1. The molecule has 82 valence electrons. The number of hydrogen-bond acceptors (Lipinski definition) is 3. The Morgan fingerprint density at radius 2 is 2.06 bits per heavy atom. The smallest absolute Gasteiger partial charge is 0.330 e. The molecule has 0 saturated carbocycles. The quantitative estimate of drug-likeness (QED) is 0.619. The van der Waals surface area contributed by atoms with Crippen molar-refractivity contribution >= 4 is 5.97 Å². The van der Waals surface area contributed by atoms with Crippen LogP contribution in [0.25, 0.3) is 0 Å². The first kappa shape index (κ1) is 9.46. The van der Waals surface area contributed by atoms with Gasteiger partial charge in [0.25, 0.3) is 0 Å². The molecule has 1 unspecified atom stereocenters. The van der Waals surface area contributed by atoms with E-state index in [2.05, 4.69) is 6.07 Å². The highest BCUT2D eigenvalue weighted by atomic mass is 16.5. The lowest BCUT2D eigenvalue weighted by Crippen LogP contribution is -2.24. The largest absolute Gasteiger partial charge is 0.489 e. The summed E-state index contributed by atoms with van der Waals surface area (Å²) < 4.78 is 10.7. The van der Waals surface area contributed by atoms with Crippen LogP contribution in [0.1, 0.15) is 5.56 Å². The predicted molar refractivity (Wildman–Crippen MR) is 58.2 cm³/mol. The van der Waals surface area contributed by atoms with Gasteiger partial charge in [-0.3, -0.25) is 0 Å². The Labute approximate surface area is 93.7 Å². The molecule has 3 nitrogen and oxygen atoms in total. The number of fused-ring (bicyclic) bond motifs is 2. The molecule has 1 atom stereocenters. The predicted octanol–water partition coefficient (Wildman–Crippen LogP) is 1.72. The second kappa shape index (κ2) is 3.67. The fourth-order valence-corrected chi connectivity index (χ4v) is 2.19. The molecule has 16 heavy (non-hydrogen) atoms. The van der Waals surface area contributed by atoms with Gasteiger partial charge in [0.1, 0.15) is 12.4 Å². The molecular weight excluding hydrogens is 204 g/mol. The third-order valence-corrected chi connectivity index (χ3v) is 3.09. The Morgan fingerprint density at radius 1 is 1.19 bits per heavy atom. The van der Waals surface area contributed by atoms with Crippen molar-refractivity contribution < 1.29 is 14.3 Å². The van der Waals surface area contributed by atoms with Crippen LogP contribution >= 0.6 is 0 Å². The van der Waals surface area contributed by atoms with Gasteiger partial charge in [-0.05, 0) is 23.6 Å². The van der Waals surface area contributed by atoms with Gasteiger partial charge < -0.3 is 9.47 Å². The number of ether oxygens (including phenoxy) is 2.